The van der Waals surface area contributed by atoms with Crippen LogP contribution in [0.4, 0.5) is 5.69 Å². The Hall–Kier alpha value is -4.01. The summed E-state index contributed by atoms with van der Waals surface area (Å²) in [6, 6.07) is 12.6. The van der Waals surface area contributed by atoms with Crippen LogP contribution in [0.1, 0.15) is 34.6 Å². The van der Waals surface area contributed by atoms with Crippen LogP contribution in [-0.2, 0) is 4.79 Å². The van der Waals surface area contributed by atoms with Crippen molar-refractivity contribution in [3.63, 3.8) is 0 Å². The van der Waals surface area contributed by atoms with Crippen molar-refractivity contribution in [2.45, 2.75) is 25.8 Å². The first-order valence-electron chi connectivity index (χ1n) is 9.87. The third-order valence-electron chi connectivity index (χ3n) is 4.81. The fourth-order valence-electron chi connectivity index (χ4n) is 2.99. The highest BCUT2D eigenvalue weighted by Gasteiger charge is 2.23. The highest BCUT2D eigenvalue weighted by molar-refractivity contribution is 6.02. The zero-order chi connectivity index (χ0) is 21.8. The van der Waals surface area contributed by atoms with Gasteiger partial charge in [0.2, 0.25) is 5.91 Å². The molecule has 158 valence electrons. The first-order chi connectivity index (χ1) is 15.0. The average molecular weight is 418 g/mol. The number of benzene rings is 2. The van der Waals surface area contributed by atoms with Crippen LogP contribution in [-0.4, -0.2) is 45.2 Å². The molecular weight excluding hydrogens is 396 g/mol. The second-order valence-electron chi connectivity index (χ2n) is 7.22. The zero-order valence-electron chi connectivity index (χ0n) is 17.2. The summed E-state index contributed by atoms with van der Waals surface area (Å²) in [4.78, 5) is 24.4. The minimum atomic E-state index is -0.292. The summed E-state index contributed by atoms with van der Waals surface area (Å²) in [5.41, 5.74) is 2.62. The molecule has 1 fully saturated rings. The summed E-state index contributed by atoms with van der Waals surface area (Å²) in [6.07, 6.45) is 5.22. The number of rotatable bonds is 7. The Morgan fingerprint density at radius 3 is 2.58 bits per heavy atom. The number of anilines is 1. The van der Waals surface area contributed by atoms with E-state index in [2.05, 4.69) is 26.2 Å². The monoisotopic (exact) mass is 418 g/mol. The van der Waals surface area contributed by atoms with E-state index in [9.17, 15) is 9.59 Å². The molecule has 1 heterocycles. The summed E-state index contributed by atoms with van der Waals surface area (Å²) >= 11 is 0. The molecule has 0 aliphatic heterocycles. The second-order valence-corrected chi connectivity index (χ2v) is 7.22. The normalized spacial score (nSPS) is 13.2. The molecule has 0 radical (unpaired) electrons. The van der Waals surface area contributed by atoms with Gasteiger partial charge in [-0.2, -0.15) is 4.68 Å². The van der Waals surface area contributed by atoms with Crippen LogP contribution in [0.5, 0.6) is 5.75 Å². The fourth-order valence-corrected chi connectivity index (χ4v) is 2.99. The fraction of sp³-hybridized carbons (Fsp3) is 0.227. The van der Waals surface area contributed by atoms with Crippen LogP contribution in [0.25, 0.3) is 11.8 Å². The van der Waals surface area contributed by atoms with E-state index < -0.39 is 0 Å². The average Bonchev–Trinajstić information content (AvgIpc) is 3.49. The first kappa shape index (κ1) is 20.3. The number of tetrazole rings is 1. The molecule has 0 atom stereocenters. The van der Waals surface area contributed by atoms with E-state index >= 15 is 0 Å². The molecule has 1 aliphatic carbocycles. The highest BCUT2D eigenvalue weighted by atomic mass is 16.5. The summed E-state index contributed by atoms with van der Waals surface area (Å²) < 4.78 is 6.90. The summed E-state index contributed by atoms with van der Waals surface area (Å²) in [5, 5.41) is 17.2. The van der Waals surface area contributed by atoms with Crippen molar-refractivity contribution in [1.82, 2.24) is 25.5 Å². The number of ether oxygens (including phenoxy) is 1. The van der Waals surface area contributed by atoms with Gasteiger partial charge in [-0.05, 0) is 72.2 Å². The molecule has 4 rings (SSSR count). The van der Waals surface area contributed by atoms with Gasteiger partial charge < -0.3 is 15.4 Å². The van der Waals surface area contributed by atoms with Gasteiger partial charge in [-0.1, -0.05) is 12.1 Å². The van der Waals surface area contributed by atoms with Crippen molar-refractivity contribution in [2.75, 3.05) is 12.4 Å². The van der Waals surface area contributed by atoms with Crippen LogP contribution < -0.4 is 15.4 Å². The van der Waals surface area contributed by atoms with Crippen LogP contribution in [0.3, 0.4) is 0 Å². The van der Waals surface area contributed by atoms with Crippen molar-refractivity contribution in [3.8, 4) is 11.4 Å². The quantitative estimate of drug-likeness (QED) is 0.571. The number of carbonyl (C=O) groups excluding carboxylic acids is 2. The minimum absolute atomic E-state index is 0.0658. The molecule has 3 aromatic rings. The summed E-state index contributed by atoms with van der Waals surface area (Å²) in [6.45, 7) is 1.77. The van der Waals surface area contributed by atoms with E-state index in [1.165, 1.54) is 10.8 Å². The smallest absolute Gasteiger partial charge is 0.251 e. The standard InChI is InChI=1S/C22H22N6O3/c1-14-25-26-27-28(14)19-13-18(10-11-20(19)31-2)23-21(29)12-5-15-3-6-16(7-4-15)22(30)24-17-8-9-17/h3-7,10-13,17H,8-9H2,1-2H3,(H,23,29)(H,24,30)/b12-5+. The number of hydrogen-bond donors (Lipinski definition) is 2. The van der Waals surface area contributed by atoms with Crippen molar-refractivity contribution in [1.29, 1.82) is 0 Å². The van der Waals surface area contributed by atoms with Gasteiger partial charge in [-0.15, -0.1) is 5.10 Å². The SMILES string of the molecule is COc1ccc(NC(=O)/C=C/c2ccc(C(=O)NC3CC3)cc2)cc1-n1nnnc1C. The molecule has 1 saturated carbocycles. The molecule has 9 nitrogen and oxygen atoms in total. The predicted molar refractivity (Wildman–Crippen MR) is 115 cm³/mol. The number of nitrogens with one attached hydrogen (secondary N) is 2. The Labute approximate surface area is 179 Å². The van der Waals surface area contributed by atoms with Crippen LogP contribution in [0.2, 0.25) is 0 Å². The van der Waals surface area contributed by atoms with E-state index in [0.717, 1.165) is 18.4 Å². The van der Waals surface area contributed by atoms with Crippen molar-refractivity contribution >= 4 is 23.6 Å². The van der Waals surface area contributed by atoms with Gasteiger partial charge in [-0.3, -0.25) is 9.59 Å². The number of carbonyl (C=O) groups is 2. The van der Waals surface area contributed by atoms with E-state index in [1.54, 1.807) is 62.6 Å². The molecule has 1 aliphatic rings. The first-order valence-corrected chi connectivity index (χ1v) is 9.87. The topological polar surface area (TPSA) is 111 Å². The molecule has 31 heavy (non-hydrogen) atoms. The Balaban J connectivity index is 1.42. The number of hydrogen-bond acceptors (Lipinski definition) is 6. The van der Waals surface area contributed by atoms with Gasteiger partial charge in [-0.25, -0.2) is 0 Å². The largest absolute Gasteiger partial charge is 0.494 e. The van der Waals surface area contributed by atoms with Gasteiger partial charge >= 0.3 is 0 Å². The van der Waals surface area contributed by atoms with Crippen molar-refractivity contribution in [2.24, 2.45) is 0 Å². The van der Waals surface area contributed by atoms with Gasteiger partial charge in [0.15, 0.2) is 5.82 Å². The summed E-state index contributed by atoms with van der Waals surface area (Å²) in [7, 11) is 1.56. The van der Waals surface area contributed by atoms with Crippen LogP contribution in [0.15, 0.2) is 48.5 Å². The Morgan fingerprint density at radius 1 is 1.16 bits per heavy atom. The second kappa shape index (κ2) is 8.78. The molecule has 2 N–H and O–H groups in total. The lowest BCUT2D eigenvalue weighted by atomic mass is 10.1. The number of nitrogens with zero attached hydrogens (tertiary/aromatic N) is 4. The van der Waals surface area contributed by atoms with E-state index in [0.29, 0.717) is 34.6 Å². The molecule has 1 aromatic heterocycles. The number of amides is 2. The third-order valence-corrected chi connectivity index (χ3v) is 4.81. The maximum Gasteiger partial charge on any atom is 0.251 e. The summed E-state index contributed by atoms with van der Waals surface area (Å²) in [5.74, 6) is 0.815. The Bertz CT molecular complexity index is 1130. The molecule has 0 bridgehead atoms. The van der Waals surface area contributed by atoms with Crippen LogP contribution >= 0.6 is 0 Å². The number of methoxy groups -OCH3 is 1. The maximum atomic E-state index is 12.4. The Kier molecular flexibility index (Phi) is 5.74. The van der Waals surface area contributed by atoms with E-state index in [4.69, 9.17) is 4.74 Å². The number of aryl methyl sites for hydroxylation is 1. The molecular formula is C22H22N6O3. The molecule has 0 saturated heterocycles. The van der Waals surface area contributed by atoms with Crippen molar-refractivity contribution in [3.05, 3.63) is 65.5 Å². The lowest BCUT2D eigenvalue weighted by Gasteiger charge is -2.11. The van der Waals surface area contributed by atoms with Gasteiger partial charge in [0.05, 0.1) is 7.11 Å². The predicted octanol–water partition coefficient (Wildman–Crippen LogP) is 2.52. The maximum absolute atomic E-state index is 12.4. The van der Waals surface area contributed by atoms with Crippen LogP contribution in [0, 0.1) is 6.92 Å². The van der Waals surface area contributed by atoms with Gasteiger partial charge in [0.1, 0.15) is 11.4 Å². The molecule has 9 heteroatoms. The lowest BCUT2D eigenvalue weighted by molar-refractivity contribution is -0.111. The molecule has 0 unspecified atom stereocenters. The van der Waals surface area contributed by atoms with Gasteiger partial charge in [0, 0.05) is 23.4 Å². The third kappa shape index (κ3) is 4.95. The molecule has 0 spiro atoms. The van der Waals surface area contributed by atoms with Gasteiger partial charge in [0.25, 0.3) is 5.91 Å². The zero-order valence-corrected chi connectivity index (χ0v) is 17.2. The highest BCUT2D eigenvalue weighted by Crippen LogP contribution is 2.26. The molecule has 2 amide bonds. The Morgan fingerprint density at radius 2 is 1.94 bits per heavy atom. The number of aromatic nitrogens is 4. The molecule has 2 aromatic carbocycles. The lowest BCUT2D eigenvalue weighted by Crippen LogP contribution is -2.25. The van der Waals surface area contributed by atoms with E-state index in [-0.39, 0.29) is 11.8 Å². The minimum Gasteiger partial charge on any atom is -0.494 e. The van der Waals surface area contributed by atoms with Crippen molar-refractivity contribution < 1.29 is 14.3 Å². The van der Waals surface area contributed by atoms with E-state index in [1.807, 2.05) is 0 Å².